The van der Waals surface area contributed by atoms with Crippen molar-refractivity contribution in [2.75, 3.05) is 4.72 Å². The molecule has 1 aliphatic rings. The molecule has 5 nitrogen and oxygen atoms in total. The molecule has 4 rings (SSSR count). The van der Waals surface area contributed by atoms with Crippen molar-refractivity contribution < 1.29 is 17.6 Å². The van der Waals surface area contributed by atoms with E-state index >= 15 is 0 Å². The lowest BCUT2D eigenvalue weighted by atomic mass is 9.94. The first-order valence-corrected chi connectivity index (χ1v) is 10.2. The molecule has 26 heavy (non-hydrogen) atoms. The van der Waals surface area contributed by atoms with Crippen LogP contribution in [0.4, 0.5) is 5.69 Å². The Morgan fingerprint density at radius 2 is 1.85 bits per heavy atom. The third-order valence-corrected chi connectivity index (χ3v) is 6.38. The van der Waals surface area contributed by atoms with Crippen LogP contribution in [-0.4, -0.2) is 14.2 Å². The number of halogens is 2. The van der Waals surface area contributed by atoms with Gasteiger partial charge in [-0.15, -0.1) is 0 Å². The zero-order chi connectivity index (χ0) is 18.5. The van der Waals surface area contributed by atoms with Gasteiger partial charge in [0.05, 0.1) is 10.6 Å². The SMILES string of the molecule is O=C1CCCc2oc3ccc(NS(=O)(=O)c4cc(Cl)ccc4Cl)cc3c21. The largest absolute Gasteiger partial charge is 0.460 e. The van der Waals surface area contributed by atoms with Gasteiger partial charge in [0.25, 0.3) is 10.0 Å². The number of rotatable bonds is 3. The normalized spacial score (nSPS) is 14.5. The average molecular weight is 410 g/mol. The van der Waals surface area contributed by atoms with Gasteiger partial charge in [-0.05, 0) is 42.8 Å². The number of nitrogens with one attached hydrogen (secondary N) is 1. The van der Waals surface area contributed by atoms with Gasteiger partial charge in [0, 0.05) is 28.9 Å². The highest BCUT2D eigenvalue weighted by Crippen LogP contribution is 2.34. The van der Waals surface area contributed by atoms with Crippen LogP contribution in [0, 0.1) is 0 Å². The van der Waals surface area contributed by atoms with Gasteiger partial charge in [-0.3, -0.25) is 9.52 Å². The lowest BCUT2D eigenvalue weighted by molar-refractivity contribution is 0.0971. The fraction of sp³-hybridized carbons (Fsp3) is 0.167. The molecule has 1 aliphatic carbocycles. The van der Waals surface area contributed by atoms with Crippen LogP contribution < -0.4 is 4.72 Å². The first kappa shape index (κ1) is 17.4. The van der Waals surface area contributed by atoms with Crippen LogP contribution in [0.1, 0.15) is 29.0 Å². The lowest BCUT2D eigenvalue weighted by Crippen LogP contribution is -2.13. The van der Waals surface area contributed by atoms with Crippen LogP contribution in [-0.2, 0) is 16.4 Å². The van der Waals surface area contributed by atoms with Crippen molar-refractivity contribution in [3.8, 4) is 0 Å². The standard InChI is InChI=1S/C18H13Cl2NO4S/c19-10-4-6-13(20)17(8-10)26(23,24)21-11-5-7-15-12(9-11)18-14(22)2-1-3-16(18)25-15/h4-9,21H,1-3H2. The molecule has 0 saturated heterocycles. The quantitative estimate of drug-likeness (QED) is 0.655. The molecule has 0 radical (unpaired) electrons. The number of aryl methyl sites for hydroxylation is 1. The second kappa shape index (κ2) is 6.30. The van der Waals surface area contributed by atoms with Gasteiger partial charge in [0.15, 0.2) is 5.78 Å². The Labute approximate surface area is 159 Å². The molecule has 0 atom stereocenters. The summed E-state index contributed by atoms with van der Waals surface area (Å²) in [7, 11) is -3.93. The molecule has 0 unspecified atom stereocenters. The predicted octanol–water partition coefficient (Wildman–Crippen LogP) is 5.06. The summed E-state index contributed by atoms with van der Waals surface area (Å²) in [5.74, 6) is 0.678. The van der Waals surface area contributed by atoms with E-state index in [4.69, 9.17) is 27.6 Å². The van der Waals surface area contributed by atoms with Crippen molar-refractivity contribution >= 4 is 55.7 Å². The number of Topliss-reactive ketones (excluding diaryl/α,β-unsaturated/α-hetero) is 1. The summed E-state index contributed by atoms with van der Waals surface area (Å²) in [6.45, 7) is 0. The smallest absolute Gasteiger partial charge is 0.263 e. The third kappa shape index (κ3) is 2.98. The van der Waals surface area contributed by atoms with Gasteiger partial charge in [-0.1, -0.05) is 23.2 Å². The summed E-state index contributed by atoms with van der Waals surface area (Å²) in [6.07, 6.45) is 1.93. The van der Waals surface area contributed by atoms with Crippen molar-refractivity contribution in [1.29, 1.82) is 0 Å². The molecule has 1 heterocycles. The molecule has 0 fully saturated rings. The van der Waals surface area contributed by atoms with Crippen molar-refractivity contribution in [2.45, 2.75) is 24.2 Å². The second-order valence-electron chi connectivity index (χ2n) is 6.07. The van der Waals surface area contributed by atoms with Crippen molar-refractivity contribution in [1.82, 2.24) is 0 Å². The molecule has 1 aromatic heterocycles. The highest BCUT2D eigenvalue weighted by molar-refractivity contribution is 7.92. The minimum absolute atomic E-state index is 0.0166. The van der Waals surface area contributed by atoms with Crippen molar-refractivity contribution in [3.05, 3.63) is 57.8 Å². The van der Waals surface area contributed by atoms with Crippen LogP contribution in [0.15, 0.2) is 45.7 Å². The van der Waals surface area contributed by atoms with Crippen LogP contribution >= 0.6 is 23.2 Å². The number of anilines is 1. The van der Waals surface area contributed by atoms with E-state index in [1.807, 2.05) is 0 Å². The number of carbonyl (C=O) groups is 1. The van der Waals surface area contributed by atoms with E-state index in [0.717, 1.165) is 6.42 Å². The first-order chi connectivity index (χ1) is 12.3. The molecule has 134 valence electrons. The molecular weight excluding hydrogens is 397 g/mol. The van der Waals surface area contributed by atoms with E-state index in [0.29, 0.717) is 40.8 Å². The van der Waals surface area contributed by atoms with E-state index in [1.54, 1.807) is 18.2 Å². The number of hydrogen-bond acceptors (Lipinski definition) is 4. The summed E-state index contributed by atoms with van der Waals surface area (Å²) in [5.41, 5.74) is 1.43. The summed E-state index contributed by atoms with van der Waals surface area (Å²) in [5, 5.41) is 0.945. The van der Waals surface area contributed by atoms with Crippen LogP contribution in [0.3, 0.4) is 0 Å². The number of carbonyl (C=O) groups excluding carboxylic acids is 1. The van der Waals surface area contributed by atoms with Gasteiger partial charge in [0.1, 0.15) is 16.2 Å². The van der Waals surface area contributed by atoms with Crippen molar-refractivity contribution in [2.24, 2.45) is 0 Å². The monoisotopic (exact) mass is 409 g/mol. The maximum absolute atomic E-state index is 12.7. The van der Waals surface area contributed by atoms with E-state index < -0.39 is 10.0 Å². The molecule has 8 heteroatoms. The fourth-order valence-corrected chi connectivity index (χ4v) is 4.93. The zero-order valence-corrected chi connectivity index (χ0v) is 15.7. The minimum Gasteiger partial charge on any atom is -0.460 e. The maximum atomic E-state index is 12.7. The lowest BCUT2D eigenvalue weighted by Gasteiger charge is -2.10. The summed E-state index contributed by atoms with van der Waals surface area (Å²) in [4.78, 5) is 12.1. The Morgan fingerprint density at radius 3 is 2.65 bits per heavy atom. The van der Waals surface area contributed by atoms with Gasteiger partial charge in [-0.25, -0.2) is 8.42 Å². The molecule has 0 bridgehead atoms. The van der Waals surface area contributed by atoms with Crippen LogP contribution in [0.5, 0.6) is 0 Å². The molecule has 0 spiro atoms. The van der Waals surface area contributed by atoms with Gasteiger partial charge >= 0.3 is 0 Å². The van der Waals surface area contributed by atoms with E-state index in [9.17, 15) is 13.2 Å². The Balaban J connectivity index is 1.77. The molecule has 0 amide bonds. The van der Waals surface area contributed by atoms with Crippen LogP contribution in [0.2, 0.25) is 10.0 Å². The number of sulfonamides is 1. The minimum atomic E-state index is -3.93. The van der Waals surface area contributed by atoms with E-state index in [-0.39, 0.29) is 20.7 Å². The number of ketones is 1. The molecule has 1 N–H and O–H groups in total. The Kier molecular flexibility index (Phi) is 4.22. The molecular formula is C18H13Cl2NO4S. The average Bonchev–Trinajstić information content (AvgIpc) is 2.95. The maximum Gasteiger partial charge on any atom is 0.263 e. The van der Waals surface area contributed by atoms with E-state index in [1.165, 1.54) is 18.2 Å². The highest BCUT2D eigenvalue weighted by atomic mass is 35.5. The van der Waals surface area contributed by atoms with Gasteiger partial charge in [0.2, 0.25) is 0 Å². The molecule has 0 saturated carbocycles. The molecule has 2 aromatic carbocycles. The van der Waals surface area contributed by atoms with Crippen molar-refractivity contribution in [3.63, 3.8) is 0 Å². The van der Waals surface area contributed by atoms with E-state index in [2.05, 4.69) is 4.72 Å². The van der Waals surface area contributed by atoms with Gasteiger partial charge < -0.3 is 4.42 Å². The Morgan fingerprint density at radius 1 is 1.04 bits per heavy atom. The number of hydrogen-bond donors (Lipinski definition) is 1. The number of fused-ring (bicyclic) bond motifs is 3. The fourth-order valence-electron chi connectivity index (χ4n) is 3.12. The van der Waals surface area contributed by atoms with Crippen LogP contribution in [0.25, 0.3) is 11.0 Å². The summed E-state index contributed by atoms with van der Waals surface area (Å²) < 4.78 is 33.5. The Bertz CT molecular complexity index is 1150. The molecule has 3 aromatic rings. The zero-order valence-electron chi connectivity index (χ0n) is 13.4. The number of furan rings is 1. The Hall–Kier alpha value is -2.02. The topological polar surface area (TPSA) is 76.4 Å². The predicted molar refractivity (Wildman–Crippen MR) is 101 cm³/mol. The first-order valence-electron chi connectivity index (χ1n) is 7.92. The number of benzene rings is 2. The third-order valence-electron chi connectivity index (χ3n) is 4.28. The summed E-state index contributed by atoms with van der Waals surface area (Å²) >= 11 is 11.9. The molecule has 0 aliphatic heterocycles. The summed E-state index contributed by atoms with van der Waals surface area (Å²) in [6, 6.07) is 9.06. The van der Waals surface area contributed by atoms with Gasteiger partial charge in [-0.2, -0.15) is 0 Å². The second-order valence-corrected chi connectivity index (χ2v) is 8.56. The highest BCUT2D eigenvalue weighted by Gasteiger charge is 2.25.